The van der Waals surface area contributed by atoms with E-state index < -0.39 is 0 Å². The van der Waals surface area contributed by atoms with Crippen molar-refractivity contribution in [3.63, 3.8) is 0 Å². The molecule has 0 aliphatic carbocycles. The summed E-state index contributed by atoms with van der Waals surface area (Å²) in [6, 6.07) is 0.528. The molecule has 1 aliphatic rings. The van der Waals surface area contributed by atoms with E-state index in [4.69, 9.17) is 0 Å². The molecule has 0 saturated carbocycles. The summed E-state index contributed by atoms with van der Waals surface area (Å²) in [6.07, 6.45) is 6.69. The maximum atomic E-state index is 12.5. The second kappa shape index (κ2) is 8.52. The van der Waals surface area contributed by atoms with Crippen LogP contribution in [0.15, 0.2) is 0 Å². The van der Waals surface area contributed by atoms with Crippen LogP contribution in [0.5, 0.6) is 0 Å². The molecule has 1 unspecified atom stereocenters. The van der Waals surface area contributed by atoms with Gasteiger partial charge in [0.1, 0.15) is 0 Å². The SMILES string of the molecule is CCCCN(CC1CCCN1)C(=O)C(CC)CC. The Hall–Kier alpha value is -0.570. The van der Waals surface area contributed by atoms with Crippen molar-refractivity contribution in [1.82, 2.24) is 10.2 Å². The van der Waals surface area contributed by atoms with Gasteiger partial charge in [0.25, 0.3) is 0 Å². The number of unbranched alkanes of at least 4 members (excludes halogenated alkanes) is 1. The minimum Gasteiger partial charge on any atom is -0.341 e. The van der Waals surface area contributed by atoms with Gasteiger partial charge in [0.2, 0.25) is 5.91 Å². The van der Waals surface area contributed by atoms with E-state index in [9.17, 15) is 4.79 Å². The maximum absolute atomic E-state index is 12.5. The molecule has 0 aromatic rings. The highest BCUT2D eigenvalue weighted by Gasteiger charge is 2.24. The summed E-state index contributed by atoms with van der Waals surface area (Å²) >= 11 is 0. The van der Waals surface area contributed by atoms with Gasteiger partial charge in [-0.05, 0) is 38.6 Å². The van der Waals surface area contributed by atoms with Gasteiger partial charge in [-0.15, -0.1) is 0 Å². The first-order chi connectivity index (χ1) is 8.72. The smallest absolute Gasteiger partial charge is 0.225 e. The standard InChI is InChI=1S/C15H30N2O/c1-4-7-11-17(12-14-9-8-10-16-14)15(18)13(5-2)6-3/h13-14,16H,4-12H2,1-3H3. The van der Waals surface area contributed by atoms with Gasteiger partial charge in [-0.2, -0.15) is 0 Å². The Morgan fingerprint density at radius 3 is 2.56 bits per heavy atom. The van der Waals surface area contributed by atoms with Crippen molar-refractivity contribution in [3.05, 3.63) is 0 Å². The van der Waals surface area contributed by atoms with Crippen LogP contribution in [0.25, 0.3) is 0 Å². The lowest BCUT2D eigenvalue weighted by Gasteiger charge is -2.29. The largest absolute Gasteiger partial charge is 0.341 e. The van der Waals surface area contributed by atoms with Crippen molar-refractivity contribution in [1.29, 1.82) is 0 Å². The van der Waals surface area contributed by atoms with Gasteiger partial charge in [0.15, 0.2) is 0 Å². The molecule has 1 atom stereocenters. The summed E-state index contributed by atoms with van der Waals surface area (Å²) in [7, 11) is 0. The minimum atomic E-state index is 0.225. The Bertz CT molecular complexity index is 233. The van der Waals surface area contributed by atoms with Crippen LogP contribution in [0.2, 0.25) is 0 Å². The van der Waals surface area contributed by atoms with E-state index in [2.05, 4.69) is 31.0 Å². The second-order valence-electron chi connectivity index (χ2n) is 5.44. The van der Waals surface area contributed by atoms with E-state index in [0.29, 0.717) is 11.9 Å². The summed E-state index contributed by atoms with van der Waals surface area (Å²) in [5, 5.41) is 3.50. The van der Waals surface area contributed by atoms with Crippen LogP contribution in [-0.4, -0.2) is 36.5 Å². The fraction of sp³-hybridized carbons (Fsp3) is 0.933. The van der Waals surface area contributed by atoms with E-state index in [1.54, 1.807) is 0 Å². The number of nitrogens with one attached hydrogen (secondary N) is 1. The van der Waals surface area contributed by atoms with Crippen LogP contribution < -0.4 is 5.32 Å². The molecule has 1 heterocycles. The quantitative estimate of drug-likeness (QED) is 0.722. The first kappa shape index (κ1) is 15.5. The number of hydrogen-bond acceptors (Lipinski definition) is 2. The summed E-state index contributed by atoms with van der Waals surface area (Å²) in [6.45, 7) is 9.40. The van der Waals surface area contributed by atoms with Gasteiger partial charge in [0, 0.05) is 25.0 Å². The number of amides is 1. The maximum Gasteiger partial charge on any atom is 0.225 e. The summed E-state index contributed by atoms with van der Waals surface area (Å²) < 4.78 is 0. The van der Waals surface area contributed by atoms with Crippen molar-refractivity contribution in [2.45, 2.75) is 65.3 Å². The molecule has 1 saturated heterocycles. The highest BCUT2D eigenvalue weighted by Crippen LogP contribution is 2.15. The van der Waals surface area contributed by atoms with Crippen molar-refractivity contribution >= 4 is 5.91 Å². The summed E-state index contributed by atoms with van der Waals surface area (Å²) in [4.78, 5) is 14.6. The molecule has 0 aromatic carbocycles. The molecule has 1 aliphatic heterocycles. The molecular formula is C15H30N2O. The van der Waals surface area contributed by atoms with Gasteiger partial charge in [0.05, 0.1) is 0 Å². The zero-order valence-electron chi connectivity index (χ0n) is 12.4. The van der Waals surface area contributed by atoms with E-state index in [1.165, 1.54) is 12.8 Å². The van der Waals surface area contributed by atoms with E-state index in [-0.39, 0.29) is 5.92 Å². The average molecular weight is 254 g/mol. The lowest BCUT2D eigenvalue weighted by molar-refractivity contribution is -0.136. The van der Waals surface area contributed by atoms with Crippen LogP contribution in [0.1, 0.15) is 59.3 Å². The Morgan fingerprint density at radius 1 is 1.33 bits per heavy atom. The zero-order chi connectivity index (χ0) is 13.4. The summed E-state index contributed by atoms with van der Waals surface area (Å²) in [5.74, 6) is 0.602. The predicted octanol–water partition coefficient (Wildman–Crippen LogP) is 2.80. The molecule has 0 spiro atoms. The van der Waals surface area contributed by atoms with Gasteiger partial charge in [-0.25, -0.2) is 0 Å². The normalized spacial score (nSPS) is 19.4. The first-order valence-electron chi connectivity index (χ1n) is 7.75. The minimum absolute atomic E-state index is 0.225. The fourth-order valence-corrected chi connectivity index (χ4v) is 2.72. The molecule has 106 valence electrons. The molecule has 3 heteroatoms. The van der Waals surface area contributed by atoms with Crippen LogP contribution in [0.4, 0.5) is 0 Å². The molecule has 0 aromatic heterocycles. The third kappa shape index (κ3) is 4.60. The van der Waals surface area contributed by atoms with Crippen LogP contribution in [0.3, 0.4) is 0 Å². The average Bonchev–Trinajstić information content (AvgIpc) is 2.88. The molecule has 1 N–H and O–H groups in total. The third-order valence-corrected chi connectivity index (χ3v) is 4.03. The monoisotopic (exact) mass is 254 g/mol. The molecule has 1 rings (SSSR count). The predicted molar refractivity (Wildman–Crippen MR) is 76.6 cm³/mol. The van der Waals surface area contributed by atoms with Gasteiger partial charge >= 0.3 is 0 Å². The third-order valence-electron chi connectivity index (χ3n) is 4.03. The number of rotatable bonds is 8. The van der Waals surface area contributed by atoms with E-state index >= 15 is 0 Å². The first-order valence-corrected chi connectivity index (χ1v) is 7.75. The Balaban J connectivity index is 2.54. The van der Waals surface area contributed by atoms with Crippen LogP contribution in [-0.2, 0) is 4.79 Å². The molecule has 1 amide bonds. The molecule has 0 radical (unpaired) electrons. The van der Waals surface area contributed by atoms with Crippen molar-refractivity contribution < 1.29 is 4.79 Å². The molecule has 1 fully saturated rings. The highest BCUT2D eigenvalue weighted by molar-refractivity contribution is 5.78. The Kier molecular flexibility index (Phi) is 7.33. The van der Waals surface area contributed by atoms with Gasteiger partial charge < -0.3 is 10.2 Å². The number of carbonyl (C=O) groups excluding carboxylic acids is 1. The van der Waals surface area contributed by atoms with Crippen LogP contribution >= 0.6 is 0 Å². The molecule has 0 bridgehead atoms. The number of nitrogens with zero attached hydrogens (tertiary/aromatic N) is 1. The Labute approximate surface area is 112 Å². The lowest BCUT2D eigenvalue weighted by atomic mass is 10.0. The zero-order valence-corrected chi connectivity index (χ0v) is 12.4. The summed E-state index contributed by atoms with van der Waals surface area (Å²) in [5.41, 5.74) is 0. The van der Waals surface area contributed by atoms with E-state index in [1.807, 2.05) is 0 Å². The van der Waals surface area contributed by atoms with Gasteiger partial charge in [-0.3, -0.25) is 4.79 Å². The highest BCUT2D eigenvalue weighted by atomic mass is 16.2. The molecular weight excluding hydrogens is 224 g/mol. The number of hydrogen-bond donors (Lipinski definition) is 1. The molecule has 18 heavy (non-hydrogen) atoms. The lowest BCUT2D eigenvalue weighted by Crippen LogP contribution is -2.44. The topological polar surface area (TPSA) is 32.3 Å². The van der Waals surface area contributed by atoms with Gasteiger partial charge in [-0.1, -0.05) is 27.2 Å². The van der Waals surface area contributed by atoms with Crippen molar-refractivity contribution in [3.8, 4) is 0 Å². The Morgan fingerprint density at radius 2 is 2.06 bits per heavy atom. The van der Waals surface area contributed by atoms with Crippen LogP contribution in [0, 0.1) is 5.92 Å². The fourth-order valence-electron chi connectivity index (χ4n) is 2.72. The van der Waals surface area contributed by atoms with Crippen molar-refractivity contribution in [2.24, 2.45) is 5.92 Å². The molecule has 3 nitrogen and oxygen atoms in total. The van der Waals surface area contributed by atoms with Crippen molar-refractivity contribution in [2.75, 3.05) is 19.6 Å². The second-order valence-corrected chi connectivity index (χ2v) is 5.44. The van der Waals surface area contributed by atoms with E-state index in [0.717, 1.165) is 45.3 Å². The number of carbonyl (C=O) groups is 1.